The molecule has 0 aliphatic heterocycles. The molecule has 1 aliphatic carbocycles. The first-order valence-corrected chi connectivity index (χ1v) is 7.43. The van der Waals surface area contributed by atoms with Crippen LogP contribution in [0.4, 0.5) is 0 Å². The zero-order valence-electron chi connectivity index (χ0n) is 13.0. The molecule has 0 aromatic heterocycles. The molecule has 1 aliphatic rings. The Morgan fingerprint density at radius 2 is 1.67 bits per heavy atom. The summed E-state index contributed by atoms with van der Waals surface area (Å²) in [6.07, 6.45) is 5.06. The molecule has 0 unspecified atom stereocenters. The van der Waals surface area contributed by atoms with Gasteiger partial charge in [0.15, 0.2) is 0 Å². The Kier molecular flexibility index (Phi) is 7.19. The molecule has 0 aromatic rings. The lowest BCUT2D eigenvalue weighted by atomic mass is 10.00. The Labute approximate surface area is 125 Å². The molecule has 120 valence electrons. The number of carbonyl (C=O) groups excluding carboxylic acids is 3. The standard InChI is InChI=1S/C15H25NO5/c1-10(14(18)20-2)8-12(15(19)21-3)16-13(17)9-11-6-4-5-7-11/h10-12H,4-9H2,1-3H3,(H,16,17)/t10-,12+/m1/s1. The Hall–Kier alpha value is -1.59. The van der Waals surface area contributed by atoms with Crippen LogP contribution in [0.1, 0.15) is 45.4 Å². The van der Waals surface area contributed by atoms with E-state index in [1.165, 1.54) is 14.2 Å². The summed E-state index contributed by atoms with van der Waals surface area (Å²) >= 11 is 0. The maximum absolute atomic E-state index is 12.0. The van der Waals surface area contributed by atoms with Crippen molar-refractivity contribution in [1.29, 1.82) is 0 Å². The van der Waals surface area contributed by atoms with Gasteiger partial charge >= 0.3 is 11.9 Å². The van der Waals surface area contributed by atoms with Gasteiger partial charge in [-0.2, -0.15) is 0 Å². The number of carbonyl (C=O) groups is 3. The summed E-state index contributed by atoms with van der Waals surface area (Å²) in [5.41, 5.74) is 0. The van der Waals surface area contributed by atoms with Crippen LogP contribution in [-0.2, 0) is 23.9 Å². The first-order valence-electron chi connectivity index (χ1n) is 7.43. The summed E-state index contributed by atoms with van der Waals surface area (Å²) in [6.45, 7) is 1.66. The van der Waals surface area contributed by atoms with E-state index < -0.39 is 23.9 Å². The van der Waals surface area contributed by atoms with E-state index in [0.29, 0.717) is 12.3 Å². The lowest BCUT2D eigenvalue weighted by Gasteiger charge is -2.20. The Bertz CT molecular complexity index is 376. The topological polar surface area (TPSA) is 81.7 Å². The molecule has 0 bridgehead atoms. The molecule has 1 saturated carbocycles. The molecule has 0 radical (unpaired) electrons. The Morgan fingerprint density at radius 1 is 1.10 bits per heavy atom. The van der Waals surface area contributed by atoms with Crippen LogP contribution in [0.5, 0.6) is 0 Å². The third-order valence-electron chi connectivity index (χ3n) is 3.96. The zero-order valence-corrected chi connectivity index (χ0v) is 13.0. The van der Waals surface area contributed by atoms with Crippen molar-refractivity contribution in [3.63, 3.8) is 0 Å². The average molecular weight is 299 g/mol. The highest BCUT2D eigenvalue weighted by atomic mass is 16.5. The molecule has 6 heteroatoms. The van der Waals surface area contributed by atoms with E-state index in [9.17, 15) is 14.4 Å². The maximum Gasteiger partial charge on any atom is 0.328 e. The molecular formula is C15H25NO5. The van der Waals surface area contributed by atoms with Gasteiger partial charge in [0.2, 0.25) is 5.91 Å². The van der Waals surface area contributed by atoms with E-state index in [2.05, 4.69) is 10.1 Å². The molecule has 1 fully saturated rings. The summed E-state index contributed by atoms with van der Waals surface area (Å²) in [4.78, 5) is 35.2. The minimum atomic E-state index is -0.807. The zero-order chi connectivity index (χ0) is 15.8. The van der Waals surface area contributed by atoms with Crippen molar-refractivity contribution in [2.75, 3.05) is 14.2 Å². The fourth-order valence-electron chi connectivity index (χ4n) is 2.74. The van der Waals surface area contributed by atoms with Crippen LogP contribution in [0.2, 0.25) is 0 Å². The molecule has 6 nitrogen and oxygen atoms in total. The lowest BCUT2D eigenvalue weighted by molar-refractivity contribution is -0.149. The number of hydrogen-bond acceptors (Lipinski definition) is 5. The smallest absolute Gasteiger partial charge is 0.328 e. The van der Waals surface area contributed by atoms with Crippen LogP contribution >= 0.6 is 0 Å². The third-order valence-corrected chi connectivity index (χ3v) is 3.96. The maximum atomic E-state index is 12.0. The van der Waals surface area contributed by atoms with E-state index in [-0.39, 0.29) is 12.3 Å². The van der Waals surface area contributed by atoms with E-state index in [0.717, 1.165) is 25.7 Å². The number of esters is 2. The molecule has 2 atom stereocenters. The normalized spacial score (nSPS) is 17.9. The number of amides is 1. The highest BCUT2D eigenvalue weighted by Crippen LogP contribution is 2.27. The summed E-state index contributed by atoms with van der Waals surface area (Å²) < 4.78 is 9.33. The molecule has 0 heterocycles. The van der Waals surface area contributed by atoms with E-state index in [4.69, 9.17) is 4.74 Å². The van der Waals surface area contributed by atoms with Crippen molar-refractivity contribution in [3.8, 4) is 0 Å². The molecule has 1 rings (SSSR count). The number of nitrogens with one attached hydrogen (secondary N) is 1. The van der Waals surface area contributed by atoms with Gasteiger partial charge in [-0.3, -0.25) is 9.59 Å². The van der Waals surface area contributed by atoms with Crippen molar-refractivity contribution in [3.05, 3.63) is 0 Å². The van der Waals surface area contributed by atoms with Gasteiger partial charge in [0.1, 0.15) is 6.04 Å². The quantitative estimate of drug-likeness (QED) is 0.719. The van der Waals surface area contributed by atoms with Crippen molar-refractivity contribution >= 4 is 17.8 Å². The third kappa shape index (κ3) is 5.73. The SMILES string of the molecule is COC(=O)[C@H](C)C[C@H](NC(=O)CC1CCCC1)C(=O)OC. The Morgan fingerprint density at radius 3 is 2.19 bits per heavy atom. The van der Waals surface area contributed by atoms with E-state index in [1.54, 1.807) is 6.92 Å². The van der Waals surface area contributed by atoms with Gasteiger partial charge in [-0.1, -0.05) is 19.8 Å². The number of methoxy groups -OCH3 is 2. The van der Waals surface area contributed by atoms with Crippen LogP contribution in [0.3, 0.4) is 0 Å². The predicted molar refractivity (Wildman–Crippen MR) is 76.3 cm³/mol. The second kappa shape index (κ2) is 8.64. The van der Waals surface area contributed by atoms with Crippen molar-refractivity contribution in [2.45, 2.75) is 51.5 Å². The van der Waals surface area contributed by atoms with Gasteiger partial charge in [-0.05, 0) is 25.2 Å². The summed E-state index contributed by atoms with van der Waals surface area (Å²) in [7, 11) is 2.56. The molecule has 21 heavy (non-hydrogen) atoms. The van der Waals surface area contributed by atoms with E-state index >= 15 is 0 Å². The van der Waals surface area contributed by atoms with E-state index in [1.807, 2.05) is 0 Å². The summed E-state index contributed by atoms with van der Waals surface area (Å²) in [6, 6.07) is -0.807. The van der Waals surface area contributed by atoms with Crippen molar-refractivity contribution < 1.29 is 23.9 Å². The highest BCUT2D eigenvalue weighted by molar-refractivity contribution is 5.85. The monoisotopic (exact) mass is 299 g/mol. The largest absolute Gasteiger partial charge is 0.469 e. The van der Waals surface area contributed by atoms with Crippen LogP contribution in [0.25, 0.3) is 0 Å². The van der Waals surface area contributed by atoms with Crippen LogP contribution in [0.15, 0.2) is 0 Å². The fraction of sp³-hybridized carbons (Fsp3) is 0.800. The van der Waals surface area contributed by atoms with Gasteiger partial charge in [0.25, 0.3) is 0 Å². The summed E-state index contributed by atoms with van der Waals surface area (Å²) in [5.74, 6) is -1.18. The number of ether oxygens (including phenoxy) is 2. The number of hydrogen-bond donors (Lipinski definition) is 1. The number of rotatable bonds is 7. The molecule has 1 N–H and O–H groups in total. The lowest BCUT2D eigenvalue weighted by Crippen LogP contribution is -2.43. The van der Waals surface area contributed by atoms with Crippen LogP contribution < -0.4 is 5.32 Å². The van der Waals surface area contributed by atoms with Crippen LogP contribution in [0, 0.1) is 11.8 Å². The first kappa shape index (κ1) is 17.5. The highest BCUT2D eigenvalue weighted by Gasteiger charge is 2.28. The molecule has 0 spiro atoms. The predicted octanol–water partition coefficient (Wildman–Crippen LogP) is 1.42. The van der Waals surface area contributed by atoms with Gasteiger partial charge in [-0.15, -0.1) is 0 Å². The van der Waals surface area contributed by atoms with Crippen molar-refractivity contribution in [1.82, 2.24) is 5.32 Å². The van der Waals surface area contributed by atoms with Crippen molar-refractivity contribution in [2.24, 2.45) is 11.8 Å². The van der Waals surface area contributed by atoms with Gasteiger partial charge in [0, 0.05) is 6.42 Å². The Balaban J connectivity index is 2.54. The van der Waals surface area contributed by atoms with Gasteiger partial charge in [-0.25, -0.2) is 4.79 Å². The molecule has 1 amide bonds. The molecule has 0 saturated heterocycles. The van der Waals surface area contributed by atoms with Gasteiger partial charge < -0.3 is 14.8 Å². The minimum absolute atomic E-state index is 0.158. The van der Waals surface area contributed by atoms with Crippen LogP contribution in [-0.4, -0.2) is 38.1 Å². The first-order chi connectivity index (χ1) is 9.97. The second-order valence-electron chi connectivity index (χ2n) is 5.66. The molecular weight excluding hydrogens is 274 g/mol. The summed E-state index contributed by atoms with van der Waals surface area (Å²) in [5, 5.41) is 2.68. The average Bonchev–Trinajstić information content (AvgIpc) is 2.97. The molecule has 0 aromatic carbocycles. The van der Waals surface area contributed by atoms with Gasteiger partial charge in [0.05, 0.1) is 20.1 Å². The second-order valence-corrected chi connectivity index (χ2v) is 5.66. The minimum Gasteiger partial charge on any atom is -0.469 e. The fourth-order valence-corrected chi connectivity index (χ4v) is 2.74.